The molecule has 1 rings (SSSR count). The van der Waals surface area contributed by atoms with Crippen LogP contribution in [0, 0.1) is 11.3 Å². The molecule has 1 aliphatic heterocycles. The highest BCUT2D eigenvalue weighted by atomic mass is 16.6. The van der Waals surface area contributed by atoms with E-state index in [2.05, 4.69) is 0 Å². The lowest BCUT2D eigenvalue weighted by Gasteiger charge is -2.42. The summed E-state index contributed by atoms with van der Waals surface area (Å²) in [5.41, 5.74) is 4.80. The Morgan fingerprint density at radius 1 is 1.19 bits per heavy atom. The van der Waals surface area contributed by atoms with E-state index in [-0.39, 0.29) is 12.0 Å². The molecule has 1 unspecified atom stereocenters. The van der Waals surface area contributed by atoms with Crippen LogP contribution in [-0.2, 0) is 9.53 Å². The summed E-state index contributed by atoms with van der Waals surface area (Å²) < 4.78 is 5.35. The lowest BCUT2D eigenvalue weighted by atomic mass is 9.69. The number of carbonyl (C=O) groups is 2. The summed E-state index contributed by atoms with van der Waals surface area (Å²) in [6, 6.07) is -0.893. The van der Waals surface area contributed by atoms with Crippen molar-refractivity contribution in [3.8, 4) is 0 Å². The number of hydrogen-bond acceptors (Lipinski definition) is 4. The summed E-state index contributed by atoms with van der Waals surface area (Å²) in [4.78, 5) is 24.8. The summed E-state index contributed by atoms with van der Waals surface area (Å²) in [6.07, 6.45) is 1.18. The molecule has 1 aliphatic rings. The van der Waals surface area contributed by atoms with Crippen molar-refractivity contribution < 1.29 is 19.4 Å². The summed E-state index contributed by atoms with van der Waals surface area (Å²) in [6.45, 7) is 10.5. The first-order valence-electron chi connectivity index (χ1n) is 7.41. The normalized spacial score (nSPS) is 19.2. The summed E-state index contributed by atoms with van der Waals surface area (Å²) >= 11 is 0. The first-order chi connectivity index (χ1) is 9.45. The van der Waals surface area contributed by atoms with Gasteiger partial charge in [-0.15, -0.1) is 0 Å². The van der Waals surface area contributed by atoms with Crippen LogP contribution in [0.25, 0.3) is 0 Å². The number of rotatable bonds is 3. The predicted molar refractivity (Wildman–Crippen MR) is 79.9 cm³/mol. The number of hydrogen-bond donors (Lipinski definition) is 2. The number of ether oxygens (including phenoxy) is 1. The fraction of sp³-hybridized carbons (Fsp3) is 0.867. The second-order valence-electron chi connectivity index (χ2n) is 7.38. The van der Waals surface area contributed by atoms with Crippen molar-refractivity contribution in [3.05, 3.63) is 0 Å². The van der Waals surface area contributed by atoms with Crippen LogP contribution in [0.5, 0.6) is 0 Å². The highest BCUT2D eigenvalue weighted by Crippen LogP contribution is 2.37. The first-order valence-corrected chi connectivity index (χ1v) is 7.41. The Hall–Kier alpha value is -1.30. The van der Waals surface area contributed by atoms with Crippen LogP contribution in [0.15, 0.2) is 0 Å². The van der Waals surface area contributed by atoms with Crippen molar-refractivity contribution in [1.29, 1.82) is 0 Å². The molecule has 0 bridgehead atoms. The number of likely N-dealkylation sites (tertiary alicyclic amines) is 1. The molecule has 0 aromatic rings. The average Bonchev–Trinajstić information content (AvgIpc) is 2.35. The summed E-state index contributed by atoms with van der Waals surface area (Å²) in [5, 5.41) is 9.11. The molecule has 122 valence electrons. The molecule has 1 saturated heterocycles. The van der Waals surface area contributed by atoms with Crippen molar-refractivity contribution in [2.45, 2.75) is 59.1 Å². The predicted octanol–water partition coefficient (Wildman–Crippen LogP) is 2.07. The smallest absolute Gasteiger partial charge is 0.410 e. The van der Waals surface area contributed by atoms with Crippen LogP contribution < -0.4 is 5.73 Å². The van der Waals surface area contributed by atoms with E-state index in [4.69, 9.17) is 15.6 Å². The molecule has 0 aromatic heterocycles. The van der Waals surface area contributed by atoms with Crippen molar-refractivity contribution in [2.24, 2.45) is 17.1 Å². The van der Waals surface area contributed by atoms with E-state index in [0.29, 0.717) is 13.1 Å². The Bertz CT molecular complexity index is 393. The number of aliphatic carboxylic acids is 1. The van der Waals surface area contributed by atoms with E-state index in [9.17, 15) is 9.59 Å². The molecule has 21 heavy (non-hydrogen) atoms. The molecule has 6 nitrogen and oxygen atoms in total. The van der Waals surface area contributed by atoms with Gasteiger partial charge in [0.15, 0.2) is 0 Å². The van der Waals surface area contributed by atoms with Gasteiger partial charge in [-0.05, 0) is 44.9 Å². The molecular formula is C15H28N2O4. The van der Waals surface area contributed by atoms with E-state index in [1.54, 1.807) is 4.90 Å². The van der Waals surface area contributed by atoms with Gasteiger partial charge in [-0.1, -0.05) is 13.8 Å². The Kier molecular flexibility index (Phi) is 5.25. The van der Waals surface area contributed by atoms with Crippen molar-refractivity contribution in [2.75, 3.05) is 13.1 Å². The number of nitrogens with zero attached hydrogens (tertiary/aromatic N) is 1. The lowest BCUT2D eigenvalue weighted by molar-refractivity contribution is -0.142. The van der Waals surface area contributed by atoms with Gasteiger partial charge in [0, 0.05) is 13.1 Å². The third kappa shape index (κ3) is 4.59. The molecular weight excluding hydrogens is 272 g/mol. The number of carboxylic acids is 1. The van der Waals surface area contributed by atoms with Crippen LogP contribution in [0.1, 0.15) is 47.5 Å². The van der Waals surface area contributed by atoms with Gasteiger partial charge in [0.25, 0.3) is 0 Å². The minimum atomic E-state index is -0.977. The molecule has 1 amide bonds. The zero-order valence-electron chi connectivity index (χ0n) is 13.7. The Morgan fingerprint density at radius 3 is 2.05 bits per heavy atom. The molecule has 1 fully saturated rings. The van der Waals surface area contributed by atoms with Crippen molar-refractivity contribution in [3.63, 3.8) is 0 Å². The monoisotopic (exact) mass is 300 g/mol. The van der Waals surface area contributed by atoms with Crippen LogP contribution in [0.2, 0.25) is 0 Å². The molecule has 1 heterocycles. The van der Waals surface area contributed by atoms with E-state index >= 15 is 0 Å². The van der Waals surface area contributed by atoms with Gasteiger partial charge in [0.2, 0.25) is 0 Å². The second-order valence-corrected chi connectivity index (χ2v) is 7.38. The van der Waals surface area contributed by atoms with E-state index in [1.165, 1.54) is 0 Å². The number of carbonyl (C=O) groups excluding carboxylic acids is 1. The number of nitrogens with two attached hydrogens (primary N) is 1. The van der Waals surface area contributed by atoms with Crippen molar-refractivity contribution >= 4 is 12.1 Å². The van der Waals surface area contributed by atoms with Crippen LogP contribution >= 0.6 is 0 Å². The maximum atomic E-state index is 12.0. The molecule has 0 radical (unpaired) electrons. The fourth-order valence-electron chi connectivity index (χ4n) is 2.70. The third-order valence-corrected chi connectivity index (χ3v) is 4.27. The van der Waals surface area contributed by atoms with Gasteiger partial charge in [-0.25, -0.2) is 4.79 Å². The van der Waals surface area contributed by atoms with Gasteiger partial charge in [0.1, 0.15) is 11.6 Å². The highest BCUT2D eigenvalue weighted by Gasteiger charge is 2.41. The van der Waals surface area contributed by atoms with Crippen LogP contribution in [0.3, 0.4) is 0 Å². The van der Waals surface area contributed by atoms with Crippen molar-refractivity contribution in [1.82, 2.24) is 4.90 Å². The van der Waals surface area contributed by atoms with Crippen LogP contribution in [-0.4, -0.2) is 46.8 Å². The zero-order valence-corrected chi connectivity index (χ0v) is 13.7. The van der Waals surface area contributed by atoms with E-state index in [0.717, 1.165) is 12.8 Å². The Morgan fingerprint density at radius 2 is 1.67 bits per heavy atom. The topological polar surface area (TPSA) is 92.9 Å². The number of carboxylic acid groups (broad SMARTS) is 1. The standard InChI is InChI=1S/C15H28N2O4/c1-14(2,3)21-13(20)17-8-6-10(7-9-17)15(4,5)11(16)12(18)19/h10-11H,6-9,16H2,1-5H3,(H,18,19). The SMILES string of the molecule is CC(C)(C)OC(=O)N1CCC(C(C)(C)C(N)C(=O)O)CC1. The van der Waals surface area contributed by atoms with E-state index < -0.39 is 23.0 Å². The third-order valence-electron chi connectivity index (χ3n) is 4.27. The van der Waals surface area contributed by atoms with Gasteiger partial charge in [-0.3, -0.25) is 4.79 Å². The molecule has 6 heteroatoms. The quantitative estimate of drug-likeness (QED) is 0.832. The maximum absolute atomic E-state index is 12.0. The fourth-order valence-corrected chi connectivity index (χ4v) is 2.70. The summed E-state index contributed by atoms with van der Waals surface area (Å²) in [7, 11) is 0. The highest BCUT2D eigenvalue weighted by molar-refractivity contribution is 5.74. The van der Waals surface area contributed by atoms with Gasteiger partial charge in [-0.2, -0.15) is 0 Å². The zero-order chi connectivity index (χ0) is 16.4. The van der Waals surface area contributed by atoms with Gasteiger partial charge < -0.3 is 20.5 Å². The Balaban J connectivity index is 2.60. The average molecular weight is 300 g/mol. The number of amides is 1. The molecule has 0 saturated carbocycles. The maximum Gasteiger partial charge on any atom is 0.410 e. The summed E-state index contributed by atoms with van der Waals surface area (Å²) in [5.74, 6) is -0.795. The lowest BCUT2D eigenvalue weighted by Crippen LogP contribution is -2.51. The van der Waals surface area contributed by atoms with E-state index in [1.807, 2.05) is 34.6 Å². The molecule has 0 aromatic carbocycles. The van der Waals surface area contributed by atoms with Gasteiger partial charge in [0.05, 0.1) is 0 Å². The second kappa shape index (κ2) is 6.22. The molecule has 0 aliphatic carbocycles. The minimum absolute atomic E-state index is 0.183. The molecule has 3 N–H and O–H groups in total. The van der Waals surface area contributed by atoms with Gasteiger partial charge >= 0.3 is 12.1 Å². The first kappa shape index (κ1) is 17.8. The number of piperidine rings is 1. The van der Waals surface area contributed by atoms with Crippen LogP contribution in [0.4, 0.5) is 4.79 Å². The Labute approximate surface area is 126 Å². The largest absolute Gasteiger partial charge is 0.480 e. The molecule has 0 spiro atoms. The molecule has 1 atom stereocenters. The minimum Gasteiger partial charge on any atom is -0.480 e.